The lowest BCUT2D eigenvalue weighted by molar-refractivity contribution is -0.145. The van der Waals surface area contributed by atoms with Gasteiger partial charge < -0.3 is 15.2 Å². The Balaban J connectivity index is 1.58. The van der Waals surface area contributed by atoms with Crippen molar-refractivity contribution in [3.63, 3.8) is 0 Å². The van der Waals surface area contributed by atoms with Gasteiger partial charge in [-0.2, -0.15) is 0 Å². The molecule has 3 rings (SSSR count). The highest BCUT2D eigenvalue weighted by atomic mass is 16.5. The molecule has 1 aliphatic rings. The van der Waals surface area contributed by atoms with Gasteiger partial charge >= 0.3 is 5.97 Å². The number of nitrogens with one attached hydrogen (secondary N) is 1. The molecule has 2 N–H and O–H groups in total. The fourth-order valence-electron chi connectivity index (χ4n) is 3.53. The number of carbonyl (C=O) groups is 2. The van der Waals surface area contributed by atoms with Gasteiger partial charge in [0.25, 0.3) is 0 Å². The monoisotopic (exact) mass is 382 g/mol. The van der Waals surface area contributed by atoms with Crippen LogP contribution < -0.4 is 10.1 Å². The van der Waals surface area contributed by atoms with Crippen LogP contribution >= 0.6 is 0 Å². The van der Waals surface area contributed by atoms with Crippen molar-refractivity contribution in [3.05, 3.63) is 54.6 Å². The number of carbonyl (C=O) groups excluding carboxylic acids is 1. The standard InChI is InChI=1S/C22H26N2O4/c1-15-12-17(22(26)27)14-24(13-15)16(2)21(25)23-18-8-10-20(11-9-18)28-19-6-4-3-5-7-19/h3-11,15-17H,12-14H2,1-2H3,(H,23,25)(H,26,27). The zero-order valence-corrected chi connectivity index (χ0v) is 16.2. The maximum Gasteiger partial charge on any atom is 0.307 e. The van der Waals surface area contributed by atoms with Crippen LogP contribution in [0.25, 0.3) is 0 Å². The Kier molecular flexibility index (Phi) is 6.31. The molecule has 1 aliphatic heterocycles. The third-order valence-corrected chi connectivity index (χ3v) is 5.07. The molecule has 2 aromatic carbocycles. The van der Waals surface area contributed by atoms with Crippen molar-refractivity contribution in [2.45, 2.75) is 26.3 Å². The first-order valence-corrected chi connectivity index (χ1v) is 9.53. The van der Waals surface area contributed by atoms with E-state index in [0.29, 0.717) is 24.4 Å². The van der Waals surface area contributed by atoms with Crippen molar-refractivity contribution < 1.29 is 19.4 Å². The molecule has 6 heteroatoms. The molecule has 0 radical (unpaired) electrons. The SMILES string of the molecule is CC1CC(C(=O)O)CN(C(C)C(=O)Nc2ccc(Oc3ccccc3)cc2)C1. The first kappa shape index (κ1) is 19.9. The van der Waals surface area contributed by atoms with Gasteiger partial charge in [0.05, 0.1) is 12.0 Å². The minimum atomic E-state index is -0.793. The number of carboxylic acids is 1. The van der Waals surface area contributed by atoms with E-state index in [1.165, 1.54) is 0 Å². The van der Waals surface area contributed by atoms with Crippen molar-refractivity contribution in [1.82, 2.24) is 4.90 Å². The summed E-state index contributed by atoms with van der Waals surface area (Å²) in [4.78, 5) is 25.9. The number of ether oxygens (including phenoxy) is 1. The van der Waals surface area contributed by atoms with E-state index in [1.807, 2.05) is 49.1 Å². The second-order valence-corrected chi connectivity index (χ2v) is 7.43. The van der Waals surface area contributed by atoms with Gasteiger partial charge in [-0.15, -0.1) is 0 Å². The maximum absolute atomic E-state index is 12.6. The Morgan fingerprint density at radius 3 is 2.36 bits per heavy atom. The Morgan fingerprint density at radius 1 is 1.07 bits per heavy atom. The van der Waals surface area contributed by atoms with Gasteiger partial charge in [0.15, 0.2) is 0 Å². The number of anilines is 1. The summed E-state index contributed by atoms with van der Waals surface area (Å²) in [5.41, 5.74) is 0.678. The summed E-state index contributed by atoms with van der Waals surface area (Å²) in [5, 5.41) is 12.2. The predicted octanol–water partition coefficient (Wildman–Crippen LogP) is 3.85. The molecule has 2 aromatic rings. The van der Waals surface area contributed by atoms with Crippen molar-refractivity contribution in [2.75, 3.05) is 18.4 Å². The number of rotatable bonds is 6. The van der Waals surface area contributed by atoms with E-state index < -0.39 is 17.9 Å². The number of nitrogens with zero attached hydrogens (tertiary/aromatic N) is 1. The van der Waals surface area contributed by atoms with Gasteiger partial charge in [0.2, 0.25) is 5.91 Å². The third kappa shape index (κ3) is 5.10. The van der Waals surface area contributed by atoms with Gasteiger partial charge in [-0.1, -0.05) is 25.1 Å². The van der Waals surface area contributed by atoms with Gasteiger partial charge in [-0.05, 0) is 55.7 Å². The Morgan fingerprint density at radius 2 is 1.71 bits per heavy atom. The van der Waals surface area contributed by atoms with Crippen LogP contribution in [-0.2, 0) is 9.59 Å². The molecule has 1 heterocycles. The molecule has 1 amide bonds. The van der Waals surface area contributed by atoms with Crippen molar-refractivity contribution >= 4 is 17.6 Å². The highest BCUT2D eigenvalue weighted by molar-refractivity contribution is 5.94. The summed E-state index contributed by atoms with van der Waals surface area (Å²) in [7, 11) is 0. The Bertz CT molecular complexity index is 807. The van der Waals surface area contributed by atoms with E-state index in [4.69, 9.17) is 4.74 Å². The van der Waals surface area contributed by atoms with E-state index >= 15 is 0 Å². The average molecular weight is 382 g/mol. The highest BCUT2D eigenvalue weighted by Crippen LogP contribution is 2.25. The Labute approximate surface area is 165 Å². The molecule has 0 saturated carbocycles. The zero-order chi connectivity index (χ0) is 20.1. The van der Waals surface area contributed by atoms with Crippen molar-refractivity contribution in [2.24, 2.45) is 11.8 Å². The number of amides is 1. The predicted molar refractivity (Wildman–Crippen MR) is 108 cm³/mol. The van der Waals surface area contributed by atoms with E-state index in [0.717, 1.165) is 12.3 Å². The van der Waals surface area contributed by atoms with Crippen LogP contribution in [0.1, 0.15) is 20.3 Å². The van der Waals surface area contributed by atoms with Crippen molar-refractivity contribution in [1.29, 1.82) is 0 Å². The second-order valence-electron chi connectivity index (χ2n) is 7.43. The number of benzene rings is 2. The second kappa shape index (κ2) is 8.89. The molecule has 1 saturated heterocycles. The summed E-state index contributed by atoms with van der Waals surface area (Å²) in [6, 6.07) is 16.3. The van der Waals surface area contributed by atoms with Crippen molar-refractivity contribution in [3.8, 4) is 11.5 Å². The lowest BCUT2D eigenvalue weighted by Gasteiger charge is -2.37. The van der Waals surface area contributed by atoms with Crippen LogP contribution in [0.4, 0.5) is 5.69 Å². The van der Waals surface area contributed by atoms with Crippen LogP contribution in [0, 0.1) is 11.8 Å². The number of carboxylic acid groups (broad SMARTS) is 1. The molecule has 6 nitrogen and oxygen atoms in total. The molecule has 0 spiro atoms. The lowest BCUT2D eigenvalue weighted by atomic mass is 9.89. The smallest absolute Gasteiger partial charge is 0.307 e. The summed E-state index contributed by atoms with van der Waals surface area (Å²) in [5.74, 6) is 0.326. The largest absolute Gasteiger partial charge is 0.481 e. The van der Waals surface area contributed by atoms with Gasteiger partial charge in [-0.25, -0.2) is 0 Å². The number of hydrogen-bond donors (Lipinski definition) is 2. The number of hydrogen-bond acceptors (Lipinski definition) is 4. The minimum absolute atomic E-state index is 0.144. The molecule has 148 valence electrons. The fourth-order valence-corrected chi connectivity index (χ4v) is 3.53. The molecule has 0 bridgehead atoms. The first-order chi connectivity index (χ1) is 13.4. The number of piperidine rings is 1. The summed E-state index contributed by atoms with van der Waals surface area (Å²) in [6.45, 7) is 4.97. The molecule has 0 aromatic heterocycles. The maximum atomic E-state index is 12.6. The van der Waals surface area contributed by atoms with Crippen LogP contribution in [0.5, 0.6) is 11.5 Å². The Hall–Kier alpha value is -2.86. The third-order valence-electron chi connectivity index (χ3n) is 5.07. The van der Waals surface area contributed by atoms with Crippen LogP contribution in [-0.4, -0.2) is 41.0 Å². The van der Waals surface area contributed by atoms with Gasteiger partial charge in [-0.3, -0.25) is 14.5 Å². The quantitative estimate of drug-likeness (QED) is 0.793. The fraction of sp³-hybridized carbons (Fsp3) is 0.364. The van der Waals surface area contributed by atoms with Crippen LogP contribution in [0.3, 0.4) is 0 Å². The van der Waals surface area contributed by atoms with E-state index in [9.17, 15) is 14.7 Å². The summed E-state index contributed by atoms with van der Waals surface area (Å²) < 4.78 is 5.75. The van der Waals surface area contributed by atoms with Gasteiger partial charge in [0, 0.05) is 18.8 Å². The minimum Gasteiger partial charge on any atom is -0.481 e. The summed E-state index contributed by atoms with van der Waals surface area (Å²) in [6.07, 6.45) is 0.656. The average Bonchev–Trinajstić information content (AvgIpc) is 2.69. The van der Waals surface area contributed by atoms with Crippen LogP contribution in [0.15, 0.2) is 54.6 Å². The topological polar surface area (TPSA) is 78.9 Å². The van der Waals surface area contributed by atoms with E-state index in [1.54, 1.807) is 24.3 Å². The highest BCUT2D eigenvalue weighted by Gasteiger charge is 2.33. The lowest BCUT2D eigenvalue weighted by Crippen LogP contribution is -2.50. The molecule has 1 fully saturated rings. The van der Waals surface area contributed by atoms with Crippen LogP contribution in [0.2, 0.25) is 0 Å². The van der Waals surface area contributed by atoms with E-state index in [2.05, 4.69) is 5.32 Å². The molecular weight excluding hydrogens is 356 g/mol. The molecular formula is C22H26N2O4. The van der Waals surface area contributed by atoms with E-state index in [-0.39, 0.29) is 11.8 Å². The first-order valence-electron chi connectivity index (χ1n) is 9.53. The van der Waals surface area contributed by atoms with Gasteiger partial charge in [0.1, 0.15) is 11.5 Å². The molecule has 3 atom stereocenters. The number of para-hydroxylation sites is 1. The molecule has 3 unspecified atom stereocenters. The number of aliphatic carboxylic acids is 1. The molecule has 28 heavy (non-hydrogen) atoms. The summed E-state index contributed by atoms with van der Waals surface area (Å²) >= 11 is 0. The number of likely N-dealkylation sites (tertiary alicyclic amines) is 1. The normalized spacial score (nSPS) is 20.9. The molecule has 0 aliphatic carbocycles. The zero-order valence-electron chi connectivity index (χ0n) is 16.2.